The summed E-state index contributed by atoms with van der Waals surface area (Å²) in [6.07, 6.45) is -9.49. The summed E-state index contributed by atoms with van der Waals surface area (Å²) in [5.74, 6) is -1.87. The van der Waals surface area contributed by atoms with E-state index in [9.17, 15) is 35.9 Å². The average molecular weight is 559 g/mol. The van der Waals surface area contributed by atoms with Gasteiger partial charge in [-0.05, 0) is 48.5 Å². The van der Waals surface area contributed by atoms with Crippen molar-refractivity contribution in [2.45, 2.75) is 19.6 Å². The number of amides is 1. The van der Waals surface area contributed by atoms with Gasteiger partial charge in [0.15, 0.2) is 0 Å². The molecule has 1 amide bonds. The third-order valence-corrected chi connectivity index (χ3v) is 4.27. The smallest absolute Gasteiger partial charge is 0.406 e. The first-order valence-corrected chi connectivity index (χ1v) is 10.4. The summed E-state index contributed by atoms with van der Waals surface area (Å²) >= 11 is 0. The van der Waals surface area contributed by atoms with Crippen LogP contribution in [0.2, 0.25) is 0 Å². The maximum absolute atomic E-state index is 12.0. The van der Waals surface area contributed by atoms with Crippen molar-refractivity contribution in [2.75, 3.05) is 7.05 Å². The molecule has 0 atom stereocenters. The Hall–Kier alpha value is -4.96. The summed E-state index contributed by atoms with van der Waals surface area (Å²) in [7, 11) is 1.40. The van der Waals surface area contributed by atoms with Crippen molar-refractivity contribution in [1.29, 1.82) is 0 Å². The Labute approximate surface area is 213 Å². The summed E-state index contributed by atoms with van der Waals surface area (Å²) in [5.41, 5.74) is 0.796. The number of aromatic nitrogens is 4. The number of alkyl halides is 6. The second-order valence-corrected chi connectivity index (χ2v) is 7.13. The van der Waals surface area contributed by atoms with Gasteiger partial charge in [-0.15, -0.1) is 26.3 Å². The Morgan fingerprint density at radius 3 is 1.44 bits per heavy atom. The van der Waals surface area contributed by atoms with E-state index in [0.29, 0.717) is 11.1 Å². The molecule has 0 unspecified atom stereocenters. The number of halogens is 6. The number of benzene rings is 2. The van der Waals surface area contributed by atoms with E-state index >= 15 is 0 Å². The molecule has 0 saturated carbocycles. The number of hydrogen-bond acceptors (Lipinski definition) is 10. The summed E-state index contributed by atoms with van der Waals surface area (Å²) < 4.78 is 88.7. The second-order valence-electron chi connectivity index (χ2n) is 7.13. The van der Waals surface area contributed by atoms with Gasteiger partial charge in [-0.25, -0.2) is 0 Å². The first-order valence-electron chi connectivity index (χ1n) is 10.4. The highest BCUT2D eigenvalue weighted by molar-refractivity contribution is 5.90. The van der Waals surface area contributed by atoms with Crippen molar-refractivity contribution in [3.63, 3.8) is 0 Å². The molecule has 17 heteroatoms. The molecule has 0 bridgehead atoms. The zero-order valence-electron chi connectivity index (χ0n) is 19.6. The molecule has 1 N–H and O–H groups in total. The van der Waals surface area contributed by atoms with Crippen molar-refractivity contribution >= 4 is 11.7 Å². The van der Waals surface area contributed by atoms with Crippen molar-refractivity contribution in [2.24, 2.45) is 0 Å². The molecule has 0 aliphatic heterocycles. The van der Waals surface area contributed by atoms with Crippen molar-refractivity contribution in [3.8, 4) is 34.3 Å². The Kier molecular flexibility index (Phi) is 8.52. The normalized spacial score (nSPS) is 11.3. The fourth-order valence-corrected chi connectivity index (χ4v) is 2.63. The number of Topliss-reactive ketones (excluding diaryl/α,β-unsaturated/α-hetero) is 1. The van der Waals surface area contributed by atoms with Gasteiger partial charge in [-0.1, -0.05) is 10.3 Å². The Morgan fingerprint density at radius 1 is 0.718 bits per heavy atom. The Bertz CT molecular complexity index is 1410. The van der Waals surface area contributed by atoms with E-state index in [1.165, 1.54) is 38.2 Å². The van der Waals surface area contributed by atoms with Gasteiger partial charge in [-0.2, -0.15) is 9.97 Å². The zero-order chi connectivity index (χ0) is 28.8. The van der Waals surface area contributed by atoms with Crippen LogP contribution in [0.4, 0.5) is 26.3 Å². The molecule has 206 valence electrons. The molecular formula is C22H15F6N5O6. The van der Waals surface area contributed by atoms with Crippen LogP contribution in [-0.4, -0.2) is 51.7 Å². The highest BCUT2D eigenvalue weighted by Gasteiger charge is 2.31. The largest absolute Gasteiger partial charge is 0.573 e. The molecule has 0 saturated heterocycles. The molecule has 0 fully saturated rings. The van der Waals surface area contributed by atoms with Gasteiger partial charge in [0.1, 0.15) is 11.5 Å². The van der Waals surface area contributed by atoms with Gasteiger partial charge in [0.05, 0.1) is 0 Å². The van der Waals surface area contributed by atoms with Gasteiger partial charge in [0, 0.05) is 25.1 Å². The average Bonchev–Trinajstić information content (AvgIpc) is 3.54. The fourth-order valence-electron chi connectivity index (χ4n) is 2.63. The predicted molar refractivity (Wildman–Crippen MR) is 116 cm³/mol. The third-order valence-electron chi connectivity index (χ3n) is 4.27. The minimum Gasteiger partial charge on any atom is -0.406 e. The number of rotatable bonds is 6. The highest BCUT2D eigenvalue weighted by Crippen LogP contribution is 2.26. The quantitative estimate of drug-likeness (QED) is 0.258. The van der Waals surface area contributed by atoms with Crippen LogP contribution in [-0.2, 0) is 0 Å². The fraction of sp³-hybridized carbons (Fsp3) is 0.182. The number of carbonyl (C=O) groups excluding carboxylic acids is 2. The molecule has 39 heavy (non-hydrogen) atoms. The van der Waals surface area contributed by atoms with Crippen LogP contribution in [0, 0.1) is 0 Å². The van der Waals surface area contributed by atoms with Crippen LogP contribution in [0.3, 0.4) is 0 Å². The molecule has 4 rings (SSSR count). The number of nitrogens with one attached hydrogen (secondary N) is 1. The number of carbonyl (C=O) groups is 2. The lowest BCUT2D eigenvalue weighted by atomic mass is 10.2. The first-order chi connectivity index (χ1) is 18.2. The van der Waals surface area contributed by atoms with Crippen LogP contribution in [0.5, 0.6) is 11.5 Å². The lowest BCUT2D eigenvalue weighted by molar-refractivity contribution is -0.275. The molecule has 2 heterocycles. The predicted octanol–water partition coefficient (Wildman–Crippen LogP) is 4.83. The van der Waals surface area contributed by atoms with Crippen LogP contribution < -0.4 is 14.8 Å². The van der Waals surface area contributed by atoms with Crippen molar-refractivity contribution in [1.82, 2.24) is 25.6 Å². The van der Waals surface area contributed by atoms with E-state index in [0.717, 1.165) is 24.3 Å². The second kappa shape index (κ2) is 11.6. The number of nitrogens with zero attached hydrogens (tertiary/aromatic N) is 4. The summed E-state index contributed by atoms with van der Waals surface area (Å²) in [4.78, 5) is 29.8. The third kappa shape index (κ3) is 8.54. The summed E-state index contributed by atoms with van der Waals surface area (Å²) in [6.45, 7) is 1.26. The molecule has 2 aromatic carbocycles. The molecule has 2 aromatic heterocycles. The summed E-state index contributed by atoms with van der Waals surface area (Å²) in [6, 6.07) is 9.75. The van der Waals surface area contributed by atoms with E-state index in [1.807, 2.05) is 0 Å². The lowest BCUT2D eigenvalue weighted by Crippen LogP contribution is -2.18. The number of ether oxygens (including phenoxy) is 2. The van der Waals surface area contributed by atoms with Gasteiger partial charge in [0.2, 0.25) is 17.4 Å². The van der Waals surface area contributed by atoms with Crippen LogP contribution in [0.1, 0.15) is 28.3 Å². The van der Waals surface area contributed by atoms with Gasteiger partial charge in [-0.3, -0.25) is 9.59 Å². The van der Waals surface area contributed by atoms with Gasteiger partial charge >= 0.3 is 24.5 Å². The minimum atomic E-state index is -4.75. The molecular weight excluding hydrogens is 544 g/mol. The molecule has 11 nitrogen and oxygen atoms in total. The molecule has 0 spiro atoms. The molecule has 0 radical (unpaired) electrons. The number of ketones is 1. The van der Waals surface area contributed by atoms with Gasteiger partial charge in [0.25, 0.3) is 5.89 Å². The number of hydrogen-bond donors (Lipinski definition) is 1. The standard InChI is InChI=1S/C11H8F3N3O3.C11H7F3N2O3/c1-15-9(18)10-16-8(17-20-10)6-2-4-7(5-3-6)19-11(12,13)14;1-6(17)10-15-9(16-19-10)7-2-4-8(5-3-7)18-11(12,13)14/h2-5H,1H3,(H,15,18);2-5H,1H3. The van der Waals surface area contributed by atoms with Crippen molar-refractivity contribution in [3.05, 3.63) is 60.3 Å². The van der Waals surface area contributed by atoms with E-state index < -0.39 is 24.4 Å². The molecule has 0 aliphatic rings. The van der Waals surface area contributed by atoms with Gasteiger partial charge < -0.3 is 23.8 Å². The summed E-state index contributed by atoms with van der Waals surface area (Å²) in [5, 5.41) is 9.39. The maximum Gasteiger partial charge on any atom is 0.573 e. The van der Waals surface area contributed by atoms with Crippen LogP contribution >= 0.6 is 0 Å². The van der Waals surface area contributed by atoms with Crippen LogP contribution in [0.15, 0.2) is 57.6 Å². The Balaban J connectivity index is 0.000000216. The van der Waals surface area contributed by atoms with E-state index in [2.05, 4.69) is 39.6 Å². The van der Waals surface area contributed by atoms with Crippen molar-refractivity contribution < 1.29 is 54.5 Å². The SMILES string of the molecule is CC(=O)c1nc(-c2ccc(OC(F)(F)F)cc2)no1.CNC(=O)c1nc(-c2ccc(OC(F)(F)F)cc2)no1. The first kappa shape index (κ1) is 28.6. The lowest BCUT2D eigenvalue weighted by Gasteiger charge is -2.08. The van der Waals surface area contributed by atoms with Crippen LogP contribution in [0.25, 0.3) is 22.8 Å². The minimum absolute atomic E-state index is 0.0853. The maximum atomic E-state index is 12.0. The van der Waals surface area contributed by atoms with E-state index in [-0.39, 0.29) is 34.9 Å². The molecule has 0 aliphatic carbocycles. The monoisotopic (exact) mass is 559 g/mol. The van der Waals surface area contributed by atoms with E-state index in [4.69, 9.17) is 4.52 Å². The van der Waals surface area contributed by atoms with E-state index in [1.54, 1.807) is 0 Å². The topological polar surface area (TPSA) is 142 Å². The molecule has 4 aromatic rings. The zero-order valence-corrected chi connectivity index (χ0v) is 19.6. The Morgan fingerprint density at radius 2 is 1.10 bits per heavy atom. The highest BCUT2D eigenvalue weighted by atomic mass is 19.4.